The van der Waals surface area contributed by atoms with E-state index in [9.17, 15) is 4.79 Å². The molecule has 0 aliphatic carbocycles. The summed E-state index contributed by atoms with van der Waals surface area (Å²) in [5.74, 6) is 1.05. The Hall–Kier alpha value is -3.57. The second-order valence-corrected chi connectivity index (χ2v) is 7.41. The monoisotopic (exact) mass is 447 g/mol. The first-order valence-electron chi connectivity index (χ1n) is 10.4. The molecule has 0 spiro atoms. The van der Waals surface area contributed by atoms with E-state index >= 15 is 0 Å². The van der Waals surface area contributed by atoms with Crippen LogP contribution in [0.1, 0.15) is 24.2 Å². The van der Waals surface area contributed by atoms with Gasteiger partial charge in [-0.05, 0) is 80.6 Å². The Bertz CT molecular complexity index is 1310. The highest BCUT2D eigenvalue weighted by Gasteiger charge is 2.09. The van der Waals surface area contributed by atoms with E-state index < -0.39 is 0 Å². The molecule has 1 aromatic heterocycles. The van der Waals surface area contributed by atoms with E-state index in [1.165, 1.54) is 0 Å². The zero-order chi connectivity index (χ0) is 22.5. The fourth-order valence-corrected chi connectivity index (χ4v) is 3.41. The van der Waals surface area contributed by atoms with E-state index in [2.05, 4.69) is 0 Å². The van der Waals surface area contributed by atoms with E-state index in [0.29, 0.717) is 40.8 Å². The van der Waals surface area contributed by atoms with Gasteiger partial charge >= 0.3 is 5.97 Å². The minimum Gasteiger partial charge on any atom is -0.494 e. The van der Waals surface area contributed by atoms with Crippen LogP contribution in [0.2, 0.25) is 5.02 Å². The summed E-state index contributed by atoms with van der Waals surface area (Å²) in [5, 5.41) is 2.20. The number of halogens is 1. The van der Waals surface area contributed by atoms with Crippen molar-refractivity contribution in [3.8, 4) is 17.1 Å². The molecule has 0 saturated heterocycles. The molecule has 5 nitrogen and oxygen atoms in total. The predicted octanol–water partition coefficient (Wildman–Crippen LogP) is 6.56. The van der Waals surface area contributed by atoms with Crippen molar-refractivity contribution in [2.45, 2.75) is 13.8 Å². The second-order valence-electron chi connectivity index (χ2n) is 6.97. The first-order valence-corrected chi connectivity index (χ1v) is 10.7. The Morgan fingerprint density at radius 1 is 0.938 bits per heavy atom. The fraction of sp³-hybridized carbons (Fsp3) is 0.154. The first kappa shape index (κ1) is 21.7. The normalized spacial score (nSPS) is 11.5. The number of rotatable bonds is 6. The number of hydrogen-bond acceptors (Lipinski definition) is 5. The van der Waals surface area contributed by atoms with Crippen molar-refractivity contribution in [3.05, 3.63) is 88.7 Å². The Balaban J connectivity index is 1.85. The number of carbonyl (C=O) groups excluding carboxylic acids is 1. The highest BCUT2D eigenvalue weighted by molar-refractivity contribution is 6.30. The molecule has 0 atom stereocenters. The smallest absolute Gasteiger partial charge is 0.338 e. The Labute approximate surface area is 190 Å². The van der Waals surface area contributed by atoms with Crippen LogP contribution in [0.5, 0.6) is 5.75 Å². The van der Waals surface area contributed by atoms with Gasteiger partial charge in [0.1, 0.15) is 17.1 Å². The number of carbonyl (C=O) groups is 1. The summed E-state index contributed by atoms with van der Waals surface area (Å²) in [4.78, 5) is 16.8. The van der Waals surface area contributed by atoms with Crippen molar-refractivity contribution in [2.75, 3.05) is 13.2 Å². The molecule has 0 N–H and O–H groups in total. The molecule has 0 bridgehead atoms. The minimum atomic E-state index is -0.352. The van der Waals surface area contributed by atoms with Crippen LogP contribution in [-0.4, -0.2) is 19.2 Å². The minimum absolute atomic E-state index is 0.333. The van der Waals surface area contributed by atoms with Crippen LogP contribution in [-0.2, 0) is 4.74 Å². The molecule has 0 aliphatic heterocycles. The van der Waals surface area contributed by atoms with Crippen molar-refractivity contribution >= 4 is 34.2 Å². The van der Waals surface area contributed by atoms with Crippen molar-refractivity contribution in [3.63, 3.8) is 0 Å². The summed E-state index contributed by atoms with van der Waals surface area (Å²) < 4.78 is 16.9. The molecule has 3 aromatic carbocycles. The highest BCUT2D eigenvalue weighted by Crippen LogP contribution is 2.26. The first-order chi connectivity index (χ1) is 15.6. The van der Waals surface area contributed by atoms with Gasteiger partial charge in [-0.2, -0.15) is 0 Å². The van der Waals surface area contributed by atoms with Gasteiger partial charge in [0, 0.05) is 22.0 Å². The molecule has 6 heteroatoms. The molecule has 0 unspecified atom stereocenters. The molecular weight excluding hydrogens is 426 g/mol. The topological polar surface area (TPSA) is 61.0 Å². The second kappa shape index (κ2) is 9.71. The number of benzene rings is 3. The van der Waals surface area contributed by atoms with E-state index in [-0.39, 0.29) is 5.97 Å². The maximum absolute atomic E-state index is 11.9. The molecule has 4 rings (SSSR count). The molecule has 162 valence electrons. The van der Waals surface area contributed by atoms with E-state index in [1.54, 1.807) is 31.2 Å². The van der Waals surface area contributed by atoms with E-state index in [1.807, 2.05) is 55.5 Å². The van der Waals surface area contributed by atoms with Gasteiger partial charge in [0.15, 0.2) is 0 Å². The summed E-state index contributed by atoms with van der Waals surface area (Å²) in [5.41, 5.74) is 2.76. The quantitative estimate of drug-likeness (QED) is 0.314. The lowest BCUT2D eigenvalue weighted by Gasteiger charge is -2.08. The molecule has 0 radical (unpaired) electrons. The number of esters is 1. The molecule has 32 heavy (non-hydrogen) atoms. The van der Waals surface area contributed by atoms with Crippen LogP contribution in [0, 0.1) is 0 Å². The molecule has 0 amide bonds. The van der Waals surface area contributed by atoms with E-state index in [4.69, 9.17) is 30.5 Å². The van der Waals surface area contributed by atoms with Crippen molar-refractivity contribution in [1.82, 2.24) is 0 Å². The number of fused-ring (bicyclic) bond motifs is 1. The molecule has 0 saturated carbocycles. The van der Waals surface area contributed by atoms with Gasteiger partial charge in [-0.15, -0.1) is 0 Å². The van der Waals surface area contributed by atoms with Crippen molar-refractivity contribution in [2.24, 2.45) is 4.99 Å². The molecule has 1 heterocycles. The van der Waals surface area contributed by atoms with Gasteiger partial charge in [0.25, 0.3) is 0 Å². The third-order valence-electron chi connectivity index (χ3n) is 4.78. The lowest BCUT2D eigenvalue weighted by atomic mass is 10.1. The third-order valence-corrected chi connectivity index (χ3v) is 5.03. The summed E-state index contributed by atoms with van der Waals surface area (Å²) in [6, 6.07) is 22.0. The Morgan fingerprint density at radius 3 is 2.38 bits per heavy atom. The maximum atomic E-state index is 11.9. The molecule has 4 aromatic rings. The average Bonchev–Trinajstić information content (AvgIpc) is 2.80. The van der Waals surface area contributed by atoms with Crippen molar-refractivity contribution < 1.29 is 18.7 Å². The van der Waals surface area contributed by atoms with E-state index in [0.717, 1.165) is 22.1 Å². The molecule has 0 fully saturated rings. The summed E-state index contributed by atoms with van der Waals surface area (Å²) in [6.07, 6.45) is 0. The van der Waals surface area contributed by atoms with Gasteiger partial charge in [-0.25, -0.2) is 9.79 Å². The maximum Gasteiger partial charge on any atom is 0.338 e. The number of hydrogen-bond donors (Lipinski definition) is 0. The standard InChI is InChI=1S/C26H22ClNO4/c1-3-30-21-13-14-24-22(15-21)23(16-25(32-24)17-5-9-19(27)10-6-17)28-20-11-7-18(8-12-20)26(29)31-4-2/h5-16H,3-4H2,1-2H3. The van der Waals surface area contributed by atoms with Crippen LogP contribution >= 0.6 is 11.6 Å². The summed E-state index contributed by atoms with van der Waals surface area (Å²) in [6.45, 7) is 4.62. The van der Waals surface area contributed by atoms with Gasteiger partial charge in [-0.3, -0.25) is 0 Å². The van der Waals surface area contributed by atoms with Crippen LogP contribution < -0.4 is 10.1 Å². The third kappa shape index (κ3) is 4.84. The SMILES string of the molecule is CCOC(=O)c1ccc(N=c2cc(-c3ccc(Cl)cc3)oc3ccc(OCC)cc23)cc1. The molecule has 0 aliphatic rings. The van der Waals surface area contributed by atoms with Gasteiger partial charge in [0.05, 0.1) is 29.8 Å². The van der Waals surface area contributed by atoms with Gasteiger partial charge in [0.2, 0.25) is 0 Å². The van der Waals surface area contributed by atoms with Crippen LogP contribution in [0.25, 0.3) is 22.3 Å². The fourth-order valence-electron chi connectivity index (χ4n) is 3.28. The lowest BCUT2D eigenvalue weighted by molar-refractivity contribution is 0.0526. The number of ether oxygens (including phenoxy) is 2. The van der Waals surface area contributed by atoms with Gasteiger partial charge in [-0.1, -0.05) is 11.6 Å². The lowest BCUT2D eigenvalue weighted by Crippen LogP contribution is -2.05. The number of nitrogens with zero attached hydrogens (tertiary/aromatic N) is 1. The summed E-state index contributed by atoms with van der Waals surface area (Å²) >= 11 is 6.04. The van der Waals surface area contributed by atoms with Crippen LogP contribution in [0.3, 0.4) is 0 Å². The molecular formula is C26H22ClNO4. The van der Waals surface area contributed by atoms with Crippen LogP contribution in [0.15, 0.2) is 82.2 Å². The Morgan fingerprint density at radius 2 is 1.69 bits per heavy atom. The average molecular weight is 448 g/mol. The zero-order valence-electron chi connectivity index (χ0n) is 17.8. The zero-order valence-corrected chi connectivity index (χ0v) is 18.6. The van der Waals surface area contributed by atoms with Crippen molar-refractivity contribution in [1.29, 1.82) is 0 Å². The van der Waals surface area contributed by atoms with Crippen LogP contribution in [0.4, 0.5) is 5.69 Å². The largest absolute Gasteiger partial charge is 0.494 e. The summed E-state index contributed by atoms with van der Waals surface area (Å²) in [7, 11) is 0. The van der Waals surface area contributed by atoms with Gasteiger partial charge < -0.3 is 13.9 Å². The predicted molar refractivity (Wildman–Crippen MR) is 125 cm³/mol. The Kier molecular flexibility index (Phi) is 6.57. The highest BCUT2D eigenvalue weighted by atomic mass is 35.5.